The van der Waals surface area contributed by atoms with Gasteiger partial charge in [-0.2, -0.15) is 9.97 Å². The SMILES string of the molecule is CCN1CCN(CCCn2cnc3c(N4CCN(C(O)c5ccccc5)CC4)nc(NCc4ccc(OC)cc4)nc32)CC1. The minimum Gasteiger partial charge on any atom is -0.497 e. The van der Waals surface area contributed by atoms with Gasteiger partial charge in [-0.05, 0) is 42.8 Å². The number of fused-ring (bicyclic) bond motifs is 1. The van der Waals surface area contributed by atoms with Crippen LogP contribution >= 0.6 is 0 Å². The molecule has 6 rings (SSSR count). The van der Waals surface area contributed by atoms with Crippen LogP contribution in [0.3, 0.4) is 0 Å². The zero-order valence-electron chi connectivity index (χ0n) is 26.0. The average Bonchev–Trinajstić information content (AvgIpc) is 3.50. The van der Waals surface area contributed by atoms with Crippen molar-refractivity contribution in [3.63, 3.8) is 0 Å². The summed E-state index contributed by atoms with van der Waals surface area (Å²) in [5.41, 5.74) is 3.72. The number of aliphatic hydroxyl groups is 1. The number of likely N-dealkylation sites (N-methyl/N-ethyl adjacent to an activating group) is 1. The number of ether oxygens (including phenoxy) is 1. The highest BCUT2D eigenvalue weighted by atomic mass is 16.5. The van der Waals surface area contributed by atoms with E-state index in [0.29, 0.717) is 12.5 Å². The van der Waals surface area contributed by atoms with Crippen LogP contribution in [-0.4, -0.2) is 112 Å². The Morgan fingerprint density at radius 2 is 1.59 bits per heavy atom. The van der Waals surface area contributed by atoms with Crippen molar-refractivity contribution in [2.24, 2.45) is 0 Å². The predicted molar refractivity (Wildman–Crippen MR) is 174 cm³/mol. The van der Waals surface area contributed by atoms with Crippen molar-refractivity contribution in [2.45, 2.75) is 32.7 Å². The van der Waals surface area contributed by atoms with Crippen LogP contribution in [0, 0.1) is 0 Å². The molecule has 2 aromatic carbocycles. The maximum atomic E-state index is 11.0. The number of methoxy groups -OCH3 is 1. The van der Waals surface area contributed by atoms with E-state index in [-0.39, 0.29) is 0 Å². The van der Waals surface area contributed by atoms with Gasteiger partial charge in [-0.3, -0.25) is 4.90 Å². The fraction of sp³-hybridized carbons (Fsp3) is 0.485. The zero-order chi connectivity index (χ0) is 30.3. The van der Waals surface area contributed by atoms with E-state index in [9.17, 15) is 5.11 Å². The van der Waals surface area contributed by atoms with Gasteiger partial charge in [0.15, 0.2) is 17.0 Å². The standard InChI is InChI=1S/C33H45N9O2/c1-3-38-16-18-39(19-17-38)14-7-15-42-25-35-29-30(40-20-22-41(23-21-40)32(43)27-8-5-4-6-9-27)36-33(37-31(29)42)34-24-26-10-12-28(44-2)13-11-26/h4-6,8-13,25,32,43H,3,7,14-24H2,1-2H3,(H,34,36,37). The van der Waals surface area contributed by atoms with Crippen LogP contribution in [0.2, 0.25) is 0 Å². The first-order chi connectivity index (χ1) is 21.6. The van der Waals surface area contributed by atoms with E-state index in [4.69, 9.17) is 19.7 Å². The largest absolute Gasteiger partial charge is 0.497 e. The third-order valence-corrected chi connectivity index (χ3v) is 8.90. The van der Waals surface area contributed by atoms with Gasteiger partial charge in [0.25, 0.3) is 0 Å². The van der Waals surface area contributed by atoms with E-state index < -0.39 is 6.23 Å². The van der Waals surface area contributed by atoms with Crippen molar-refractivity contribution in [1.82, 2.24) is 34.2 Å². The minimum atomic E-state index is -0.616. The molecule has 44 heavy (non-hydrogen) atoms. The number of hydrogen-bond donors (Lipinski definition) is 2. The molecule has 0 amide bonds. The molecule has 0 saturated carbocycles. The molecule has 0 radical (unpaired) electrons. The first-order valence-corrected chi connectivity index (χ1v) is 15.9. The quantitative estimate of drug-likeness (QED) is 0.253. The molecule has 1 unspecified atom stereocenters. The topological polar surface area (TPSA) is 98.1 Å². The molecule has 4 aromatic rings. The summed E-state index contributed by atoms with van der Waals surface area (Å²) in [6.07, 6.45) is 2.34. The number of rotatable bonds is 12. The number of anilines is 2. The molecule has 2 aliphatic heterocycles. The maximum Gasteiger partial charge on any atom is 0.227 e. The highest BCUT2D eigenvalue weighted by molar-refractivity contribution is 5.85. The zero-order valence-corrected chi connectivity index (χ0v) is 26.0. The average molecular weight is 600 g/mol. The van der Waals surface area contributed by atoms with Gasteiger partial charge in [0.05, 0.1) is 13.4 Å². The van der Waals surface area contributed by atoms with Crippen molar-refractivity contribution in [2.75, 3.05) is 82.8 Å². The number of aromatic nitrogens is 4. The van der Waals surface area contributed by atoms with Crippen molar-refractivity contribution in [3.8, 4) is 5.75 Å². The van der Waals surface area contributed by atoms with E-state index in [1.807, 2.05) is 60.9 Å². The number of imidazole rings is 1. The Morgan fingerprint density at radius 3 is 2.30 bits per heavy atom. The van der Waals surface area contributed by atoms with Crippen LogP contribution in [0.15, 0.2) is 60.9 Å². The van der Waals surface area contributed by atoms with Gasteiger partial charge >= 0.3 is 0 Å². The van der Waals surface area contributed by atoms with Crippen LogP contribution in [0.1, 0.15) is 30.7 Å². The molecule has 4 heterocycles. The van der Waals surface area contributed by atoms with Gasteiger partial charge in [0.2, 0.25) is 5.95 Å². The second kappa shape index (κ2) is 14.3. The van der Waals surface area contributed by atoms with Gasteiger partial charge in [-0.15, -0.1) is 0 Å². The third kappa shape index (κ3) is 7.13. The number of aliphatic hydroxyl groups excluding tert-OH is 1. The Labute approximate surface area is 260 Å². The van der Waals surface area contributed by atoms with Gasteiger partial charge in [-0.25, -0.2) is 4.98 Å². The Morgan fingerprint density at radius 1 is 0.864 bits per heavy atom. The van der Waals surface area contributed by atoms with Crippen LogP contribution in [-0.2, 0) is 13.1 Å². The summed E-state index contributed by atoms with van der Waals surface area (Å²) in [4.78, 5) is 24.3. The molecule has 0 aliphatic carbocycles. The molecule has 1 atom stereocenters. The highest BCUT2D eigenvalue weighted by Gasteiger charge is 2.27. The molecular formula is C33H45N9O2. The Balaban J connectivity index is 1.17. The van der Waals surface area contributed by atoms with E-state index >= 15 is 0 Å². The third-order valence-electron chi connectivity index (χ3n) is 8.90. The second-order valence-electron chi connectivity index (χ2n) is 11.6. The van der Waals surface area contributed by atoms with Crippen LogP contribution in [0.4, 0.5) is 11.8 Å². The first kappa shape index (κ1) is 30.3. The number of benzene rings is 2. The number of nitrogens with one attached hydrogen (secondary N) is 1. The summed E-state index contributed by atoms with van der Waals surface area (Å²) in [7, 11) is 1.68. The predicted octanol–water partition coefficient (Wildman–Crippen LogP) is 3.29. The van der Waals surface area contributed by atoms with E-state index in [1.165, 1.54) is 0 Å². The second-order valence-corrected chi connectivity index (χ2v) is 11.6. The fourth-order valence-electron chi connectivity index (χ4n) is 6.13. The smallest absolute Gasteiger partial charge is 0.227 e. The normalized spacial score (nSPS) is 17.7. The van der Waals surface area contributed by atoms with Gasteiger partial charge in [0.1, 0.15) is 12.0 Å². The van der Waals surface area contributed by atoms with Crippen LogP contribution in [0.5, 0.6) is 5.75 Å². The lowest BCUT2D eigenvalue weighted by Gasteiger charge is -2.37. The summed E-state index contributed by atoms with van der Waals surface area (Å²) in [5.74, 6) is 2.27. The lowest BCUT2D eigenvalue weighted by atomic mass is 10.1. The lowest BCUT2D eigenvalue weighted by Crippen LogP contribution is -2.48. The summed E-state index contributed by atoms with van der Waals surface area (Å²) in [6.45, 7) is 13.4. The number of piperazine rings is 2. The number of hydrogen-bond acceptors (Lipinski definition) is 10. The number of nitrogens with zero attached hydrogens (tertiary/aromatic N) is 8. The molecule has 2 N–H and O–H groups in total. The van der Waals surface area contributed by atoms with Crippen molar-refractivity contribution in [1.29, 1.82) is 0 Å². The van der Waals surface area contributed by atoms with E-state index in [0.717, 1.165) is 112 Å². The molecule has 0 bridgehead atoms. The molecular weight excluding hydrogens is 554 g/mol. The Kier molecular flexibility index (Phi) is 9.86. The Bertz CT molecular complexity index is 1460. The minimum absolute atomic E-state index is 0.590. The van der Waals surface area contributed by atoms with Crippen molar-refractivity contribution >= 4 is 22.9 Å². The first-order valence-electron chi connectivity index (χ1n) is 15.9. The highest BCUT2D eigenvalue weighted by Crippen LogP contribution is 2.28. The summed E-state index contributed by atoms with van der Waals surface area (Å²) in [6, 6.07) is 17.9. The molecule has 0 spiro atoms. The van der Waals surface area contributed by atoms with E-state index in [2.05, 4.69) is 36.4 Å². The van der Waals surface area contributed by atoms with Gasteiger partial charge < -0.3 is 34.4 Å². The summed E-state index contributed by atoms with van der Waals surface area (Å²) >= 11 is 0. The van der Waals surface area contributed by atoms with Crippen LogP contribution in [0.25, 0.3) is 11.2 Å². The molecule has 2 aromatic heterocycles. The van der Waals surface area contributed by atoms with Gasteiger partial charge in [-0.1, -0.05) is 49.4 Å². The van der Waals surface area contributed by atoms with Crippen molar-refractivity contribution < 1.29 is 9.84 Å². The summed E-state index contributed by atoms with van der Waals surface area (Å²) in [5, 5.41) is 14.4. The fourth-order valence-corrected chi connectivity index (χ4v) is 6.13. The monoisotopic (exact) mass is 599 g/mol. The molecule has 2 saturated heterocycles. The molecule has 234 valence electrons. The van der Waals surface area contributed by atoms with Crippen LogP contribution < -0.4 is 15.0 Å². The molecule has 11 nitrogen and oxygen atoms in total. The van der Waals surface area contributed by atoms with Gasteiger partial charge in [0, 0.05) is 65.4 Å². The molecule has 11 heteroatoms. The molecule has 2 aliphatic rings. The lowest BCUT2D eigenvalue weighted by molar-refractivity contribution is -0.00166. The molecule has 2 fully saturated rings. The maximum absolute atomic E-state index is 11.0. The number of aryl methyl sites for hydroxylation is 1. The van der Waals surface area contributed by atoms with E-state index in [1.54, 1.807) is 7.11 Å². The Hall–Kier alpha value is -3.77. The summed E-state index contributed by atoms with van der Waals surface area (Å²) < 4.78 is 7.49. The van der Waals surface area contributed by atoms with Crippen molar-refractivity contribution in [3.05, 3.63) is 72.1 Å².